The summed E-state index contributed by atoms with van der Waals surface area (Å²) in [7, 11) is 0. The number of fused-ring (bicyclic) bond motifs is 1. The molecule has 26 heavy (non-hydrogen) atoms. The zero-order valence-electron chi connectivity index (χ0n) is 14.6. The Kier molecular flexibility index (Phi) is 4.73. The summed E-state index contributed by atoms with van der Waals surface area (Å²) in [5.41, 5.74) is 2.43. The smallest absolute Gasteiger partial charge is 0.338 e. The highest BCUT2D eigenvalue weighted by molar-refractivity contribution is 9.10. The number of alkyl halides is 3. The van der Waals surface area contributed by atoms with E-state index in [1.807, 2.05) is 18.2 Å². The van der Waals surface area contributed by atoms with Gasteiger partial charge < -0.3 is 4.98 Å². The molecule has 0 aliphatic heterocycles. The van der Waals surface area contributed by atoms with Gasteiger partial charge in [0.25, 0.3) is 0 Å². The second-order valence-electron chi connectivity index (χ2n) is 7.17. The zero-order chi connectivity index (χ0) is 19.1. The molecule has 0 radical (unpaired) electrons. The third-order valence-corrected chi connectivity index (χ3v) is 4.76. The SMILES string of the molecule is CC(C)(C)c1ccc(C=Cc2nc3cc(Br)c(C(F)(F)F)cc3[nH]2)cc1. The van der Waals surface area contributed by atoms with Gasteiger partial charge in [0.05, 0.1) is 16.6 Å². The van der Waals surface area contributed by atoms with E-state index in [0.717, 1.165) is 11.6 Å². The van der Waals surface area contributed by atoms with Crippen LogP contribution in [0.15, 0.2) is 40.9 Å². The first-order chi connectivity index (χ1) is 12.0. The van der Waals surface area contributed by atoms with Gasteiger partial charge in [0.2, 0.25) is 0 Å². The summed E-state index contributed by atoms with van der Waals surface area (Å²) < 4.78 is 39.0. The Labute approximate surface area is 158 Å². The summed E-state index contributed by atoms with van der Waals surface area (Å²) in [6, 6.07) is 10.6. The van der Waals surface area contributed by atoms with Crippen molar-refractivity contribution in [2.75, 3.05) is 0 Å². The van der Waals surface area contributed by atoms with Gasteiger partial charge in [-0.3, -0.25) is 0 Å². The van der Waals surface area contributed by atoms with Gasteiger partial charge in [0.15, 0.2) is 0 Å². The monoisotopic (exact) mass is 422 g/mol. The Morgan fingerprint density at radius 3 is 2.23 bits per heavy atom. The topological polar surface area (TPSA) is 28.7 Å². The molecule has 0 saturated carbocycles. The van der Waals surface area contributed by atoms with Crippen LogP contribution in [-0.2, 0) is 11.6 Å². The first kappa shape index (κ1) is 18.7. The first-order valence-electron chi connectivity index (χ1n) is 8.09. The fraction of sp³-hybridized carbons (Fsp3) is 0.250. The van der Waals surface area contributed by atoms with Crippen molar-refractivity contribution < 1.29 is 13.2 Å². The number of hydrogen-bond acceptors (Lipinski definition) is 1. The lowest BCUT2D eigenvalue weighted by Crippen LogP contribution is -2.10. The van der Waals surface area contributed by atoms with E-state index in [2.05, 4.69) is 58.8 Å². The van der Waals surface area contributed by atoms with E-state index in [1.165, 1.54) is 11.6 Å². The molecule has 0 spiro atoms. The molecule has 1 N–H and O–H groups in total. The average molecular weight is 423 g/mol. The van der Waals surface area contributed by atoms with Crippen LogP contribution in [0, 0.1) is 0 Å². The van der Waals surface area contributed by atoms with E-state index in [-0.39, 0.29) is 9.89 Å². The maximum absolute atomic E-state index is 13.0. The second-order valence-corrected chi connectivity index (χ2v) is 8.03. The van der Waals surface area contributed by atoms with Crippen molar-refractivity contribution >= 4 is 39.1 Å². The number of rotatable bonds is 2. The Morgan fingerprint density at radius 1 is 1.00 bits per heavy atom. The van der Waals surface area contributed by atoms with Crippen LogP contribution in [0.1, 0.15) is 43.3 Å². The van der Waals surface area contributed by atoms with Crippen LogP contribution in [0.25, 0.3) is 23.2 Å². The number of nitrogens with one attached hydrogen (secondary N) is 1. The summed E-state index contributed by atoms with van der Waals surface area (Å²) >= 11 is 2.97. The first-order valence-corrected chi connectivity index (χ1v) is 8.88. The predicted molar refractivity (Wildman–Crippen MR) is 103 cm³/mol. The van der Waals surface area contributed by atoms with E-state index >= 15 is 0 Å². The molecule has 136 valence electrons. The lowest BCUT2D eigenvalue weighted by atomic mass is 9.87. The Balaban J connectivity index is 1.88. The summed E-state index contributed by atoms with van der Waals surface area (Å²) in [5.74, 6) is 0.506. The molecule has 2 nitrogen and oxygen atoms in total. The number of imidazole rings is 1. The van der Waals surface area contributed by atoms with Crippen molar-refractivity contribution in [2.45, 2.75) is 32.4 Å². The van der Waals surface area contributed by atoms with Crippen molar-refractivity contribution in [2.24, 2.45) is 0 Å². The van der Waals surface area contributed by atoms with E-state index in [1.54, 1.807) is 6.08 Å². The Hall–Kier alpha value is -2.08. The van der Waals surface area contributed by atoms with Gasteiger partial charge in [-0.25, -0.2) is 4.98 Å². The molecule has 0 aliphatic rings. The predicted octanol–water partition coefficient (Wildman–Crippen LogP) is 6.81. The molecule has 6 heteroatoms. The van der Waals surface area contributed by atoms with E-state index < -0.39 is 11.7 Å². The Bertz CT molecular complexity index is 962. The number of H-pyrrole nitrogens is 1. The molecule has 0 saturated heterocycles. The summed E-state index contributed by atoms with van der Waals surface area (Å²) in [6.45, 7) is 6.46. The summed E-state index contributed by atoms with van der Waals surface area (Å²) in [4.78, 5) is 7.25. The quantitative estimate of drug-likeness (QED) is 0.482. The van der Waals surface area contributed by atoms with Crippen LogP contribution in [-0.4, -0.2) is 9.97 Å². The number of benzene rings is 2. The molecule has 0 aliphatic carbocycles. The van der Waals surface area contributed by atoms with Gasteiger partial charge in [0.1, 0.15) is 5.82 Å². The highest BCUT2D eigenvalue weighted by atomic mass is 79.9. The largest absolute Gasteiger partial charge is 0.417 e. The second kappa shape index (κ2) is 6.58. The summed E-state index contributed by atoms with van der Waals surface area (Å²) in [5, 5.41) is 0. The van der Waals surface area contributed by atoms with Crippen LogP contribution in [0.5, 0.6) is 0 Å². The molecule has 1 aromatic heterocycles. The number of nitrogens with zero attached hydrogens (tertiary/aromatic N) is 1. The molecule has 0 unspecified atom stereocenters. The molecule has 3 rings (SSSR count). The fourth-order valence-electron chi connectivity index (χ4n) is 2.62. The average Bonchev–Trinajstić information content (AvgIpc) is 2.92. The van der Waals surface area contributed by atoms with Gasteiger partial charge in [-0.2, -0.15) is 13.2 Å². The van der Waals surface area contributed by atoms with Gasteiger partial charge in [-0.1, -0.05) is 67.0 Å². The van der Waals surface area contributed by atoms with Gasteiger partial charge in [-0.15, -0.1) is 0 Å². The van der Waals surface area contributed by atoms with E-state index in [0.29, 0.717) is 16.9 Å². The maximum atomic E-state index is 13.0. The lowest BCUT2D eigenvalue weighted by Gasteiger charge is -2.18. The molecule has 0 atom stereocenters. The molecule has 0 bridgehead atoms. The van der Waals surface area contributed by atoms with Crippen molar-refractivity contribution in [1.82, 2.24) is 9.97 Å². The number of aromatic amines is 1. The third-order valence-electron chi connectivity index (χ3n) is 4.10. The van der Waals surface area contributed by atoms with Crippen molar-refractivity contribution in [3.05, 3.63) is 63.4 Å². The molecule has 3 aromatic rings. The standard InChI is InChI=1S/C20H18BrF3N2/c1-19(2,3)13-7-4-12(5-8-13)6-9-18-25-16-10-14(20(22,23)24)15(21)11-17(16)26-18/h4-11H,1-3H3,(H,25,26). The third kappa shape index (κ3) is 4.01. The zero-order valence-corrected chi connectivity index (χ0v) is 16.2. The van der Waals surface area contributed by atoms with Crippen LogP contribution in [0.3, 0.4) is 0 Å². The lowest BCUT2D eigenvalue weighted by molar-refractivity contribution is -0.138. The van der Waals surface area contributed by atoms with Gasteiger partial charge >= 0.3 is 6.18 Å². The minimum Gasteiger partial charge on any atom is -0.338 e. The van der Waals surface area contributed by atoms with Crippen LogP contribution in [0.2, 0.25) is 0 Å². The van der Waals surface area contributed by atoms with Crippen molar-refractivity contribution in [3.8, 4) is 0 Å². The van der Waals surface area contributed by atoms with Gasteiger partial charge in [0, 0.05) is 4.47 Å². The van der Waals surface area contributed by atoms with Crippen molar-refractivity contribution in [1.29, 1.82) is 0 Å². The molecule has 0 fully saturated rings. The maximum Gasteiger partial charge on any atom is 0.417 e. The number of hydrogen-bond donors (Lipinski definition) is 1. The minimum atomic E-state index is -4.41. The molecule has 2 aromatic carbocycles. The van der Waals surface area contributed by atoms with Crippen LogP contribution < -0.4 is 0 Å². The molecule has 0 amide bonds. The summed E-state index contributed by atoms with van der Waals surface area (Å²) in [6.07, 6.45) is -0.778. The normalized spacial score (nSPS) is 13.0. The fourth-order valence-corrected chi connectivity index (χ4v) is 3.17. The van der Waals surface area contributed by atoms with E-state index in [9.17, 15) is 13.2 Å². The van der Waals surface area contributed by atoms with Crippen molar-refractivity contribution in [3.63, 3.8) is 0 Å². The molecular formula is C20H18BrF3N2. The minimum absolute atomic E-state index is 0.0164. The number of aromatic nitrogens is 2. The molecule has 1 heterocycles. The van der Waals surface area contributed by atoms with Gasteiger partial charge in [-0.05, 0) is 34.8 Å². The van der Waals surface area contributed by atoms with E-state index in [4.69, 9.17) is 0 Å². The van der Waals surface area contributed by atoms with Crippen LogP contribution in [0.4, 0.5) is 13.2 Å². The van der Waals surface area contributed by atoms with Crippen LogP contribution >= 0.6 is 15.9 Å². The molecular weight excluding hydrogens is 405 g/mol. The Morgan fingerprint density at radius 2 is 1.65 bits per heavy atom. The highest BCUT2D eigenvalue weighted by Gasteiger charge is 2.33. The highest BCUT2D eigenvalue weighted by Crippen LogP contribution is 2.36. The number of halogens is 4.